The third kappa shape index (κ3) is 2.60. The quantitative estimate of drug-likeness (QED) is 0.797. The first-order chi connectivity index (χ1) is 11.6. The van der Waals surface area contributed by atoms with Crippen molar-refractivity contribution < 1.29 is 19.1 Å². The van der Waals surface area contributed by atoms with Gasteiger partial charge in [-0.25, -0.2) is 0 Å². The van der Waals surface area contributed by atoms with Gasteiger partial charge in [0.2, 0.25) is 5.91 Å². The maximum Gasteiger partial charge on any atom is 0.260 e. The van der Waals surface area contributed by atoms with E-state index in [4.69, 9.17) is 9.47 Å². The van der Waals surface area contributed by atoms with Crippen LogP contribution in [0, 0.1) is 0 Å². The van der Waals surface area contributed by atoms with Crippen molar-refractivity contribution in [1.29, 1.82) is 0 Å². The van der Waals surface area contributed by atoms with Gasteiger partial charge in [0.05, 0.1) is 19.8 Å². The minimum absolute atomic E-state index is 0.0782. The van der Waals surface area contributed by atoms with Crippen LogP contribution in [0.1, 0.15) is 41.1 Å². The normalized spacial score (nSPS) is 21.5. The van der Waals surface area contributed by atoms with E-state index >= 15 is 0 Å². The van der Waals surface area contributed by atoms with Crippen molar-refractivity contribution in [2.24, 2.45) is 0 Å². The van der Waals surface area contributed by atoms with Gasteiger partial charge in [-0.05, 0) is 12.5 Å². The van der Waals surface area contributed by atoms with Gasteiger partial charge in [0.1, 0.15) is 11.4 Å². The molecule has 1 fully saturated rings. The number of thioether (sulfide) groups is 1. The van der Waals surface area contributed by atoms with Crippen LogP contribution in [0.3, 0.4) is 0 Å². The van der Waals surface area contributed by atoms with E-state index < -0.39 is 6.04 Å². The Balaban J connectivity index is 1.88. The zero-order valence-corrected chi connectivity index (χ0v) is 14.9. The molecule has 2 aliphatic heterocycles. The van der Waals surface area contributed by atoms with Crippen molar-refractivity contribution in [3.05, 3.63) is 23.3 Å². The lowest BCUT2D eigenvalue weighted by atomic mass is 10.1. The molecule has 0 radical (unpaired) electrons. The van der Waals surface area contributed by atoms with Crippen molar-refractivity contribution in [3.8, 4) is 11.5 Å². The first-order valence-electron chi connectivity index (χ1n) is 8.10. The Morgan fingerprint density at radius 2 is 2.17 bits per heavy atom. The van der Waals surface area contributed by atoms with Gasteiger partial charge in [0.15, 0.2) is 11.5 Å². The summed E-state index contributed by atoms with van der Waals surface area (Å²) >= 11 is 1.62. The average Bonchev–Trinajstić information content (AvgIpc) is 3.14. The smallest absolute Gasteiger partial charge is 0.260 e. The number of ether oxygens (including phenoxy) is 2. The number of hydrogen-bond acceptors (Lipinski definition) is 5. The first-order valence-corrected chi connectivity index (χ1v) is 9.15. The molecule has 2 heterocycles. The molecule has 24 heavy (non-hydrogen) atoms. The number of methoxy groups -OCH3 is 2. The van der Waals surface area contributed by atoms with Crippen LogP contribution in [0.2, 0.25) is 0 Å². The second kappa shape index (κ2) is 6.93. The van der Waals surface area contributed by atoms with Crippen LogP contribution in [0.25, 0.3) is 0 Å². The molecule has 3 rings (SSSR count). The van der Waals surface area contributed by atoms with Crippen LogP contribution >= 0.6 is 11.8 Å². The summed E-state index contributed by atoms with van der Waals surface area (Å²) in [6, 6.07) is 3.26. The van der Waals surface area contributed by atoms with Crippen molar-refractivity contribution in [1.82, 2.24) is 10.2 Å². The number of nitrogens with zero attached hydrogens (tertiary/aromatic N) is 1. The molecule has 1 aromatic rings. The second-order valence-electron chi connectivity index (χ2n) is 5.82. The van der Waals surface area contributed by atoms with E-state index in [1.54, 1.807) is 23.8 Å². The van der Waals surface area contributed by atoms with E-state index in [-0.39, 0.29) is 17.2 Å². The Kier molecular flexibility index (Phi) is 4.89. The summed E-state index contributed by atoms with van der Waals surface area (Å²) in [5.41, 5.74) is 1.41. The SMILES string of the molecule is CCCCNC(=O)[C@@H]1CS[C@H]2c3ccc(OC)c(OC)c3C(=O)N12. The van der Waals surface area contributed by atoms with E-state index in [0.717, 1.165) is 18.4 Å². The molecule has 0 aromatic heterocycles. The number of amides is 2. The molecule has 1 N–H and O–H groups in total. The van der Waals surface area contributed by atoms with Gasteiger partial charge in [0, 0.05) is 17.9 Å². The summed E-state index contributed by atoms with van der Waals surface area (Å²) in [4.78, 5) is 27.1. The van der Waals surface area contributed by atoms with Gasteiger partial charge in [-0.1, -0.05) is 19.4 Å². The molecule has 6 nitrogen and oxygen atoms in total. The molecular weight excluding hydrogens is 328 g/mol. The standard InChI is InChI=1S/C17H22N2O4S/c1-4-5-8-18-15(20)11-9-24-17-10-6-7-12(22-2)14(23-3)13(10)16(21)19(11)17/h6-7,11,17H,4-5,8-9H2,1-3H3,(H,18,20)/t11-,17-/m0/s1. The monoisotopic (exact) mass is 350 g/mol. The van der Waals surface area contributed by atoms with Gasteiger partial charge in [-0.3, -0.25) is 9.59 Å². The largest absolute Gasteiger partial charge is 0.493 e. The molecular formula is C17H22N2O4S. The molecule has 1 aromatic carbocycles. The third-order valence-corrected chi connectivity index (χ3v) is 5.73. The number of benzene rings is 1. The van der Waals surface area contributed by atoms with Gasteiger partial charge in [0.25, 0.3) is 5.91 Å². The number of fused-ring (bicyclic) bond motifs is 3. The number of carbonyl (C=O) groups is 2. The maximum absolute atomic E-state index is 13.0. The van der Waals surface area contributed by atoms with Crippen LogP contribution < -0.4 is 14.8 Å². The Bertz CT molecular complexity index is 664. The summed E-state index contributed by atoms with van der Waals surface area (Å²) in [5.74, 6) is 1.35. The highest BCUT2D eigenvalue weighted by molar-refractivity contribution is 7.99. The average molecular weight is 350 g/mol. The molecule has 1 saturated heterocycles. The number of hydrogen-bond donors (Lipinski definition) is 1. The van der Waals surface area contributed by atoms with Crippen LogP contribution in [-0.2, 0) is 4.79 Å². The number of nitrogens with one attached hydrogen (secondary N) is 1. The lowest BCUT2D eigenvalue weighted by Crippen LogP contribution is -2.46. The van der Waals surface area contributed by atoms with Crippen LogP contribution in [-0.4, -0.2) is 49.3 Å². The molecule has 0 saturated carbocycles. The van der Waals surface area contributed by atoms with Gasteiger partial charge in [-0.2, -0.15) is 0 Å². The highest BCUT2D eigenvalue weighted by Crippen LogP contribution is 2.52. The van der Waals surface area contributed by atoms with Crippen molar-refractivity contribution in [2.45, 2.75) is 31.2 Å². The Morgan fingerprint density at radius 3 is 2.83 bits per heavy atom. The lowest BCUT2D eigenvalue weighted by molar-refractivity contribution is -0.124. The third-order valence-electron chi connectivity index (χ3n) is 4.42. The minimum Gasteiger partial charge on any atom is -0.493 e. The Hall–Kier alpha value is -1.89. The van der Waals surface area contributed by atoms with Crippen LogP contribution in [0.4, 0.5) is 0 Å². The molecule has 2 aliphatic rings. The molecule has 0 spiro atoms. The summed E-state index contributed by atoms with van der Waals surface area (Å²) in [5, 5.41) is 2.80. The zero-order valence-electron chi connectivity index (χ0n) is 14.1. The van der Waals surface area contributed by atoms with Crippen LogP contribution in [0.5, 0.6) is 11.5 Å². The van der Waals surface area contributed by atoms with E-state index in [2.05, 4.69) is 12.2 Å². The Morgan fingerprint density at radius 1 is 1.38 bits per heavy atom. The number of unbranched alkanes of at least 4 members (excludes halogenated alkanes) is 1. The summed E-state index contributed by atoms with van der Waals surface area (Å²) < 4.78 is 10.7. The maximum atomic E-state index is 13.0. The molecule has 2 amide bonds. The lowest BCUT2D eigenvalue weighted by Gasteiger charge is -2.22. The number of rotatable bonds is 6. The van der Waals surface area contributed by atoms with Crippen LogP contribution in [0.15, 0.2) is 12.1 Å². The van der Waals surface area contributed by atoms with Crippen molar-refractivity contribution >= 4 is 23.6 Å². The van der Waals surface area contributed by atoms with E-state index in [0.29, 0.717) is 29.4 Å². The summed E-state index contributed by atoms with van der Waals surface area (Å²) in [6.45, 7) is 2.72. The molecule has 0 bridgehead atoms. The molecule has 0 aliphatic carbocycles. The van der Waals surface area contributed by atoms with Gasteiger partial charge >= 0.3 is 0 Å². The predicted octanol–water partition coefficient (Wildman–Crippen LogP) is 2.19. The second-order valence-corrected chi connectivity index (χ2v) is 6.94. The number of carbonyl (C=O) groups excluding carboxylic acids is 2. The fourth-order valence-electron chi connectivity index (χ4n) is 3.20. The fourth-order valence-corrected chi connectivity index (χ4v) is 4.66. The first kappa shape index (κ1) is 17.0. The Labute approximate surface area is 145 Å². The summed E-state index contributed by atoms with van der Waals surface area (Å²) in [7, 11) is 3.07. The summed E-state index contributed by atoms with van der Waals surface area (Å²) in [6.07, 6.45) is 1.96. The molecule has 0 unspecified atom stereocenters. The highest BCUT2D eigenvalue weighted by Gasteiger charge is 2.50. The topological polar surface area (TPSA) is 67.9 Å². The minimum atomic E-state index is -0.438. The molecule has 7 heteroatoms. The van der Waals surface area contributed by atoms with E-state index in [1.165, 1.54) is 7.11 Å². The highest BCUT2D eigenvalue weighted by atomic mass is 32.2. The predicted molar refractivity (Wildman–Crippen MR) is 92.6 cm³/mol. The van der Waals surface area contributed by atoms with Gasteiger partial charge in [-0.15, -0.1) is 11.8 Å². The molecule has 2 atom stereocenters. The van der Waals surface area contributed by atoms with E-state index in [1.807, 2.05) is 12.1 Å². The van der Waals surface area contributed by atoms with Gasteiger partial charge < -0.3 is 19.7 Å². The molecule has 130 valence electrons. The van der Waals surface area contributed by atoms with Crippen molar-refractivity contribution in [3.63, 3.8) is 0 Å². The van der Waals surface area contributed by atoms with Crippen molar-refractivity contribution in [2.75, 3.05) is 26.5 Å². The fraction of sp³-hybridized carbons (Fsp3) is 0.529. The van der Waals surface area contributed by atoms with E-state index in [9.17, 15) is 9.59 Å². The zero-order chi connectivity index (χ0) is 17.3.